The van der Waals surface area contributed by atoms with Crippen molar-refractivity contribution < 1.29 is 39.9 Å². The normalized spacial score (nSPS) is 17.1. The monoisotopic (exact) mass is 460 g/mol. The van der Waals surface area contributed by atoms with Gasteiger partial charge in [-0.3, -0.25) is 4.79 Å². The summed E-state index contributed by atoms with van der Waals surface area (Å²) in [5, 5.41) is 3.12. The van der Waals surface area contributed by atoms with E-state index in [0.29, 0.717) is 12.1 Å². The van der Waals surface area contributed by atoms with Crippen LogP contribution >= 0.6 is 11.6 Å². The number of aromatic nitrogens is 3. The number of hydrogen-bond acceptors (Lipinski definition) is 3. The first-order chi connectivity index (χ1) is 13.7. The lowest BCUT2D eigenvalue weighted by Gasteiger charge is -2.38. The Hall–Kier alpha value is -2.70. The fourth-order valence-corrected chi connectivity index (χ4v) is 2.75. The Kier molecular flexibility index (Phi) is 5.29. The van der Waals surface area contributed by atoms with E-state index in [1.165, 1.54) is 0 Å². The summed E-state index contributed by atoms with van der Waals surface area (Å²) in [7, 11) is 0. The summed E-state index contributed by atoms with van der Waals surface area (Å²) in [6.45, 7) is -1.66. The lowest BCUT2D eigenvalue weighted by Crippen LogP contribution is -2.58. The Bertz CT molecular complexity index is 971. The van der Waals surface area contributed by atoms with Crippen LogP contribution in [-0.2, 0) is 17.1 Å². The molecule has 0 spiro atoms. The molecule has 14 heteroatoms. The molecule has 0 N–H and O–H groups in total. The predicted octanol–water partition coefficient (Wildman–Crippen LogP) is 4.50. The molecule has 1 aromatic heterocycles. The minimum absolute atomic E-state index is 0.0429. The average Bonchev–Trinajstić information content (AvgIpc) is 3.05. The zero-order chi connectivity index (χ0) is 22.5. The smallest absolute Gasteiger partial charge is 0.326 e. The van der Waals surface area contributed by atoms with Crippen molar-refractivity contribution in [3.8, 4) is 11.4 Å². The second kappa shape index (κ2) is 7.22. The third-order valence-corrected chi connectivity index (χ3v) is 4.20. The minimum atomic E-state index is -5.05. The van der Waals surface area contributed by atoms with Gasteiger partial charge >= 0.3 is 12.4 Å². The van der Waals surface area contributed by atoms with E-state index in [0.717, 1.165) is 22.1 Å². The summed E-state index contributed by atoms with van der Waals surface area (Å²) in [5.74, 6) is -4.47. The topological polar surface area (TPSA) is 51.0 Å². The molecule has 1 aliphatic heterocycles. The molecule has 0 bridgehead atoms. The molecule has 1 saturated heterocycles. The van der Waals surface area contributed by atoms with Crippen LogP contribution in [0.15, 0.2) is 29.6 Å². The number of amides is 1. The van der Waals surface area contributed by atoms with Crippen molar-refractivity contribution in [3.05, 3.63) is 40.7 Å². The van der Waals surface area contributed by atoms with Gasteiger partial charge in [-0.05, 0) is 18.2 Å². The Morgan fingerprint density at radius 3 is 2.03 bits per heavy atom. The third kappa shape index (κ3) is 4.71. The van der Waals surface area contributed by atoms with E-state index in [2.05, 4.69) is 10.1 Å². The minimum Gasteiger partial charge on any atom is -0.326 e. The van der Waals surface area contributed by atoms with Crippen molar-refractivity contribution in [3.63, 3.8) is 0 Å². The van der Waals surface area contributed by atoms with Crippen LogP contribution in [0.5, 0.6) is 0 Å². The second-order valence-electron chi connectivity index (χ2n) is 6.34. The molecule has 162 valence electrons. The number of benzene rings is 1. The van der Waals surface area contributed by atoms with Crippen molar-refractivity contribution in [2.24, 2.45) is 0 Å². The molecule has 1 amide bonds. The van der Waals surface area contributed by atoms with Gasteiger partial charge < -0.3 is 4.90 Å². The summed E-state index contributed by atoms with van der Waals surface area (Å²) >= 11 is 5.73. The van der Waals surface area contributed by atoms with Crippen LogP contribution < -0.4 is 0 Å². The lowest BCUT2D eigenvalue weighted by atomic mass is 10.0. The molecule has 1 aromatic carbocycles. The zero-order valence-corrected chi connectivity index (χ0v) is 15.2. The van der Waals surface area contributed by atoms with Gasteiger partial charge in [0.1, 0.15) is 11.4 Å². The van der Waals surface area contributed by atoms with E-state index in [1.54, 1.807) is 0 Å². The van der Waals surface area contributed by atoms with Gasteiger partial charge in [0.05, 0.1) is 30.4 Å². The molecule has 2 heterocycles. The van der Waals surface area contributed by atoms with Crippen LogP contribution in [0.4, 0.5) is 35.1 Å². The van der Waals surface area contributed by atoms with Gasteiger partial charge in [0.25, 0.3) is 11.8 Å². The number of nitrogens with zero attached hydrogens (tertiary/aromatic N) is 4. The van der Waals surface area contributed by atoms with Crippen LogP contribution in [-0.4, -0.2) is 44.6 Å². The second-order valence-corrected chi connectivity index (χ2v) is 6.74. The molecule has 0 unspecified atom stereocenters. The molecule has 1 fully saturated rings. The number of carbonyl (C=O) groups is 1. The molecule has 2 aromatic rings. The number of hydrogen-bond donors (Lipinski definition) is 0. The van der Waals surface area contributed by atoms with Gasteiger partial charge in [-0.25, -0.2) is 18.4 Å². The first kappa shape index (κ1) is 22.0. The molecule has 0 atom stereocenters. The molecule has 0 saturated carbocycles. The van der Waals surface area contributed by atoms with Gasteiger partial charge in [0.15, 0.2) is 5.82 Å². The third-order valence-electron chi connectivity index (χ3n) is 3.94. The summed E-state index contributed by atoms with van der Waals surface area (Å²) in [6, 6.07) is 0.833. The quantitative estimate of drug-likeness (QED) is 0.501. The summed E-state index contributed by atoms with van der Waals surface area (Å²) in [5.41, 5.74) is -3.67. The SMILES string of the molecule is O=C(/C(Cl)=C/n1cnc(-c2cc(C(F)(F)F)cc(C(F)(F)F)c2)n1)N1CC(F)(F)C1. The van der Waals surface area contributed by atoms with Crippen LogP contribution in [0.1, 0.15) is 11.1 Å². The van der Waals surface area contributed by atoms with Gasteiger partial charge in [0, 0.05) is 5.56 Å². The molecule has 3 rings (SSSR count). The summed E-state index contributed by atoms with van der Waals surface area (Å²) < 4.78 is 104. The maximum atomic E-state index is 13.0. The maximum absolute atomic E-state index is 13.0. The summed E-state index contributed by atoms with van der Waals surface area (Å²) in [6.07, 6.45) is -8.38. The highest BCUT2D eigenvalue weighted by Gasteiger charge is 2.46. The fraction of sp³-hybridized carbons (Fsp3) is 0.312. The van der Waals surface area contributed by atoms with E-state index in [4.69, 9.17) is 11.6 Å². The van der Waals surface area contributed by atoms with Crippen LogP contribution in [0.25, 0.3) is 17.6 Å². The molecular formula is C16H9ClF8N4O. The van der Waals surface area contributed by atoms with Crippen molar-refractivity contribution >= 4 is 23.7 Å². The van der Waals surface area contributed by atoms with Crippen molar-refractivity contribution in [2.75, 3.05) is 13.1 Å². The molecular weight excluding hydrogens is 452 g/mol. The van der Waals surface area contributed by atoms with Gasteiger partial charge in [-0.15, -0.1) is 5.10 Å². The summed E-state index contributed by atoms with van der Waals surface area (Å²) in [4.78, 5) is 16.3. The van der Waals surface area contributed by atoms with E-state index < -0.39 is 64.8 Å². The van der Waals surface area contributed by atoms with Crippen molar-refractivity contribution in [1.29, 1.82) is 0 Å². The maximum Gasteiger partial charge on any atom is 0.416 e. The van der Waals surface area contributed by atoms with Crippen molar-refractivity contribution in [1.82, 2.24) is 19.7 Å². The Morgan fingerprint density at radius 2 is 1.57 bits per heavy atom. The Balaban J connectivity index is 1.89. The van der Waals surface area contributed by atoms with E-state index in [9.17, 15) is 39.9 Å². The number of likely N-dealkylation sites (tertiary alicyclic amines) is 1. The van der Waals surface area contributed by atoms with E-state index in [1.807, 2.05) is 0 Å². The predicted molar refractivity (Wildman–Crippen MR) is 87.1 cm³/mol. The molecule has 0 radical (unpaired) electrons. The van der Waals surface area contributed by atoms with E-state index in [-0.39, 0.29) is 6.07 Å². The average molecular weight is 461 g/mol. The van der Waals surface area contributed by atoms with Gasteiger partial charge in [0.2, 0.25) is 0 Å². The standard InChI is InChI=1S/C16H9ClF8N4O/c17-11(13(30)28-5-14(18,19)6-28)4-29-7-26-12(27-29)8-1-9(15(20,21)22)3-10(2-8)16(23,24)25/h1-4,7H,5-6H2/b11-4-. The van der Waals surface area contributed by atoms with Gasteiger partial charge in [-0.2, -0.15) is 26.3 Å². The van der Waals surface area contributed by atoms with Crippen LogP contribution in [0.3, 0.4) is 0 Å². The highest BCUT2D eigenvalue weighted by atomic mass is 35.5. The largest absolute Gasteiger partial charge is 0.416 e. The zero-order valence-electron chi connectivity index (χ0n) is 14.4. The fourth-order valence-electron chi connectivity index (χ4n) is 2.53. The first-order valence-corrected chi connectivity index (χ1v) is 8.29. The number of halogens is 9. The van der Waals surface area contributed by atoms with Gasteiger partial charge in [-0.1, -0.05) is 11.6 Å². The van der Waals surface area contributed by atoms with Crippen molar-refractivity contribution in [2.45, 2.75) is 18.3 Å². The number of alkyl halides is 8. The number of rotatable bonds is 3. The molecule has 1 aliphatic rings. The molecule has 5 nitrogen and oxygen atoms in total. The lowest BCUT2D eigenvalue weighted by molar-refractivity contribution is -0.161. The van der Waals surface area contributed by atoms with Crippen LogP contribution in [0.2, 0.25) is 0 Å². The van der Waals surface area contributed by atoms with Crippen LogP contribution in [0, 0.1) is 0 Å². The Morgan fingerprint density at radius 1 is 1.03 bits per heavy atom. The highest BCUT2D eigenvalue weighted by Crippen LogP contribution is 2.38. The molecule has 30 heavy (non-hydrogen) atoms. The first-order valence-electron chi connectivity index (χ1n) is 7.91. The van der Waals surface area contributed by atoms with E-state index >= 15 is 0 Å². The Labute approximate surface area is 167 Å². The number of carbonyl (C=O) groups excluding carboxylic acids is 1. The highest BCUT2D eigenvalue weighted by molar-refractivity contribution is 6.43. The molecule has 0 aliphatic carbocycles.